The number of aromatic nitrogens is 3. The molecule has 2 aromatic heterocycles. The standard InChI is InChI=1S/C17H25N5OS/c1-12(2)17-19-14(11-24-17)10-21(3)16(23)5-4-13-8-15-9-18-6-7-22(15)20-13/h8,11-12,18H,4-7,9-10H2,1-3H3. The van der Waals surface area contributed by atoms with Crippen LogP contribution >= 0.6 is 11.3 Å². The second-order valence-corrected chi connectivity index (χ2v) is 7.50. The molecular formula is C17H25N5OS. The molecule has 0 bridgehead atoms. The van der Waals surface area contributed by atoms with Gasteiger partial charge in [0.15, 0.2) is 0 Å². The van der Waals surface area contributed by atoms with E-state index < -0.39 is 0 Å². The van der Waals surface area contributed by atoms with E-state index in [1.807, 2.05) is 11.7 Å². The van der Waals surface area contributed by atoms with Crippen LogP contribution in [0.1, 0.15) is 48.3 Å². The van der Waals surface area contributed by atoms with Crippen molar-refractivity contribution in [2.75, 3.05) is 13.6 Å². The third-order valence-corrected chi connectivity index (χ3v) is 5.40. The molecule has 2 aromatic rings. The molecule has 3 rings (SSSR count). The Hall–Kier alpha value is -1.73. The Bertz CT molecular complexity index is 682. The topological polar surface area (TPSA) is 63.1 Å². The summed E-state index contributed by atoms with van der Waals surface area (Å²) in [7, 11) is 1.85. The number of carbonyl (C=O) groups is 1. The quantitative estimate of drug-likeness (QED) is 0.870. The van der Waals surface area contributed by atoms with Crippen LogP contribution in [-0.4, -0.2) is 39.2 Å². The summed E-state index contributed by atoms with van der Waals surface area (Å²) in [6.07, 6.45) is 1.18. The Morgan fingerprint density at radius 1 is 1.46 bits per heavy atom. The molecule has 0 spiro atoms. The Morgan fingerprint density at radius 2 is 2.29 bits per heavy atom. The summed E-state index contributed by atoms with van der Waals surface area (Å²) in [6.45, 7) is 7.58. The van der Waals surface area contributed by atoms with Gasteiger partial charge in [-0.3, -0.25) is 9.48 Å². The molecule has 0 saturated carbocycles. The largest absolute Gasteiger partial charge is 0.340 e. The van der Waals surface area contributed by atoms with E-state index in [1.54, 1.807) is 16.2 Å². The number of nitrogens with zero attached hydrogens (tertiary/aromatic N) is 4. The van der Waals surface area contributed by atoms with Gasteiger partial charge in [0.25, 0.3) is 0 Å². The predicted octanol–water partition coefficient (Wildman–Crippen LogP) is 2.16. The first-order chi connectivity index (χ1) is 11.5. The second kappa shape index (κ2) is 7.44. The Kier molecular flexibility index (Phi) is 5.30. The van der Waals surface area contributed by atoms with Gasteiger partial charge in [0.1, 0.15) is 0 Å². The van der Waals surface area contributed by atoms with Gasteiger partial charge in [-0.2, -0.15) is 5.10 Å². The van der Waals surface area contributed by atoms with Crippen molar-refractivity contribution >= 4 is 17.2 Å². The van der Waals surface area contributed by atoms with Crippen molar-refractivity contribution in [1.29, 1.82) is 0 Å². The van der Waals surface area contributed by atoms with Crippen LogP contribution in [0.3, 0.4) is 0 Å². The molecule has 0 unspecified atom stereocenters. The summed E-state index contributed by atoms with van der Waals surface area (Å²) in [5.41, 5.74) is 3.19. The average Bonchev–Trinajstić information content (AvgIpc) is 3.18. The molecular weight excluding hydrogens is 322 g/mol. The maximum absolute atomic E-state index is 12.4. The van der Waals surface area contributed by atoms with Gasteiger partial charge in [-0.1, -0.05) is 13.8 Å². The molecule has 3 heterocycles. The zero-order valence-electron chi connectivity index (χ0n) is 14.6. The smallest absolute Gasteiger partial charge is 0.223 e. The van der Waals surface area contributed by atoms with Gasteiger partial charge in [0, 0.05) is 44.3 Å². The fourth-order valence-electron chi connectivity index (χ4n) is 2.79. The van der Waals surface area contributed by atoms with Crippen LogP contribution in [0, 0.1) is 0 Å². The molecule has 130 valence electrons. The average molecular weight is 347 g/mol. The number of rotatable bonds is 6. The molecule has 7 heteroatoms. The van der Waals surface area contributed by atoms with Crippen molar-refractivity contribution < 1.29 is 4.79 Å². The lowest BCUT2D eigenvalue weighted by Gasteiger charge is -2.15. The minimum Gasteiger partial charge on any atom is -0.340 e. The molecule has 0 aromatic carbocycles. The molecule has 6 nitrogen and oxygen atoms in total. The lowest BCUT2D eigenvalue weighted by Crippen LogP contribution is -2.28. The highest BCUT2D eigenvalue weighted by molar-refractivity contribution is 7.09. The van der Waals surface area contributed by atoms with E-state index in [-0.39, 0.29) is 5.91 Å². The highest BCUT2D eigenvalue weighted by Crippen LogP contribution is 2.20. The first-order valence-corrected chi connectivity index (χ1v) is 9.35. The lowest BCUT2D eigenvalue weighted by atomic mass is 10.2. The van der Waals surface area contributed by atoms with Crippen LogP contribution in [0.5, 0.6) is 0 Å². The number of nitrogens with one attached hydrogen (secondary N) is 1. The summed E-state index contributed by atoms with van der Waals surface area (Å²) in [5, 5.41) is 11.1. The second-order valence-electron chi connectivity index (χ2n) is 6.61. The number of hydrogen-bond acceptors (Lipinski definition) is 5. The molecule has 0 radical (unpaired) electrons. The maximum Gasteiger partial charge on any atom is 0.223 e. The molecule has 1 aliphatic rings. The van der Waals surface area contributed by atoms with Crippen LogP contribution < -0.4 is 5.32 Å². The summed E-state index contributed by atoms with van der Waals surface area (Å²) in [5.74, 6) is 0.574. The Labute approximate surface area is 146 Å². The van der Waals surface area contributed by atoms with Gasteiger partial charge in [-0.05, 0) is 6.07 Å². The van der Waals surface area contributed by atoms with Crippen molar-refractivity contribution in [3.8, 4) is 0 Å². The van der Waals surface area contributed by atoms with Gasteiger partial charge in [-0.15, -0.1) is 11.3 Å². The lowest BCUT2D eigenvalue weighted by molar-refractivity contribution is -0.130. The third-order valence-electron chi connectivity index (χ3n) is 4.20. The molecule has 0 saturated heterocycles. The predicted molar refractivity (Wildman–Crippen MR) is 94.9 cm³/mol. The van der Waals surface area contributed by atoms with Gasteiger partial charge < -0.3 is 10.2 Å². The summed E-state index contributed by atoms with van der Waals surface area (Å²) in [4.78, 5) is 18.7. The molecule has 1 amide bonds. The molecule has 24 heavy (non-hydrogen) atoms. The van der Waals surface area contributed by atoms with Crippen LogP contribution in [0.25, 0.3) is 0 Å². The van der Waals surface area contributed by atoms with E-state index in [9.17, 15) is 4.79 Å². The summed E-state index contributed by atoms with van der Waals surface area (Å²) >= 11 is 1.67. The van der Waals surface area contributed by atoms with E-state index in [1.165, 1.54) is 5.69 Å². The fourth-order valence-corrected chi connectivity index (χ4v) is 3.62. The highest BCUT2D eigenvalue weighted by Gasteiger charge is 2.15. The zero-order chi connectivity index (χ0) is 17.1. The van der Waals surface area contributed by atoms with E-state index >= 15 is 0 Å². The third kappa shape index (κ3) is 4.02. The van der Waals surface area contributed by atoms with Crippen molar-refractivity contribution in [2.45, 2.75) is 52.2 Å². The number of fused-ring (bicyclic) bond motifs is 1. The van der Waals surface area contributed by atoms with Crippen LogP contribution in [-0.2, 0) is 30.8 Å². The Morgan fingerprint density at radius 3 is 3.00 bits per heavy atom. The maximum atomic E-state index is 12.4. The van der Waals surface area contributed by atoms with Gasteiger partial charge >= 0.3 is 0 Å². The van der Waals surface area contributed by atoms with Gasteiger partial charge in [-0.25, -0.2) is 4.98 Å². The number of carbonyl (C=O) groups excluding carboxylic acids is 1. The first-order valence-electron chi connectivity index (χ1n) is 8.47. The van der Waals surface area contributed by atoms with E-state index in [2.05, 4.69) is 40.7 Å². The number of thiazole rings is 1. The van der Waals surface area contributed by atoms with Gasteiger partial charge in [0.2, 0.25) is 5.91 Å². The molecule has 1 N–H and O–H groups in total. The Balaban J connectivity index is 1.51. The van der Waals surface area contributed by atoms with Crippen LogP contribution in [0.15, 0.2) is 11.4 Å². The van der Waals surface area contributed by atoms with Crippen molar-refractivity contribution in [3.05, 3.63) is 33.5 Å². The number of hydrogen-bond donors (Lipinski definition) is 1. The minimum absolute atomic E-state index is 0.137. The summed E-state index contributed by atoms with van der Waals surface area (Å²) < 4.78 is 2.04. The van der Waals surface area contributed by atoms with Gasteiger partial charge in [0.05, 0.1) is 35.2 Å². The van der Waals surface area contributed by atoms with Crippen molar-refractivity contribution in [3.63, 3.8) is 0 Å². The van der Waals surface area contributed by atoms with Crippen molar-refractivity contribution in [2.24, 2.45) is 0 Å². The molecule has 0 fully saturated rings. The first kappa shape index (κ1) is 17.1. The molecule has 0 atom stereocenters. The summed E-state index contributed by atoms with van der Waals surface area (Å²) in [6, 6.07) is 2.11. The van der Waals surface area contributed by atoms with Crippen LogP contribution in [0.4, 0.5) is 0 Å². The normalized spacial score (nSPS) is 14.0. The minimum atomic E-state index is 0.137. The van der Waals surface area contributed by atoms with Crippen molar-refractivity contribution in [1.82, 2.24) is 25.0 Å². The van der Waals surface area contributed by atoms with E-state index in [0.29, 0.717) is 25.3 Å². The SMILES string of the molecule is CC(C)c1nc(CN(C)C(=O)CCc2cc3n(n2)CCNC3)cs1. The van der Waals surface area contributed by atoms with Crippen LogP contribution in [0.2, 0.25) is 0 Å². The molecule has 0 aliphatic carbocycles. The zero-order valence-corrected chi connectivity index (χ0v) is 15.4. The fraction of sp³-hybridized carbons (Fsp3) is 0.588. The molecule has 1 aliphatic heterocycles. The van der Waals surface area contributed by atoms with E-state index in [4.69, 9.17) is 0 Å². The number of aryl methyl sites for hydroxylation is 1. The monoisotopic (exact) mass is 347 g/mol. The highest BCUT2D eigenvalue weighted by atomic mass is 32.1. The number of amides is 1. The van der Waals surface area contributed by atoms with E-state index in [0.717, 1.165) is 36.0 Å².